The monoisotopic (exact) mass is 779 g/mol. The van der Waals surface area contributed by atoms with Crippen molar-refractivity contribution in [2.75, 3.05) is 14.2 Å². The van der Waals surface area contributed by atoms with E-state index in [4.69, 9.17) is 30.5 Å². The van der Waals surface area contributed by atoms with Crippen molar-refractivity contribution in [2.24, 2.45) is 0 Å². The molecule has 0 fully saturated rings. The molecule has 0 saturated heterocycles. The standard InChI is InChI=1S/C21H16FN5O2S.C17H12ClFN4O2/c1-12-7-19(30-26-12)13-8-16(22)21-25-24-20(27(21)10-13)11-29-18-5-6-23-17-9-14(28-2)3-4-15(17)18;1-24-11-2-3-12-14(7-11)20-5-4-15(12)25-9-16-21-22-17-13(19)6-10(18)8-23(16)17/h3-10H,11H2,1-2H3;2-8H,9H2,1H3. The summed E-state index contributed by atoms with van der Waals surface area (Å²) in [4.78, 5) is 9.54. The molecule has 9 rings (SSSR count). The first-order valence-electron chi connectivity index (χ1n) is 16.5. The minimum atomic E-state index is -0.535. The van der Waals surface area contributed by atoms with Crippen LogP contribution in [-0.4, -0.2) is 57.8 Å². The van der Waals surface area contributed by atoms with E-state index < -0.39 is 11.6 Å². The van der Waals surface area contributed by atoms with Crippen molar-refractivity contribution < 1.29 is 27.7 Å². The Labute approximate surface area is 319 Å². The van der Waals surface area contributed by atoms with Crippen LogP contribution in [0, 0.1) is 18.6 Å². The van der Waals surface area contributed by atoms with Gasteiger partial charge >= 0.3 is 0 Å². The number of ether oxygens (including phenoxy) is 4. The molecule has 0 N–H and O–H groups in total. The zero-order chi connectivity index (χ0) is 38.1. The second kappa shape index (κ2) is 15.1. The Balaban J connectivity index is 0.000000158. The molecule has 0 aliphatic heterocycles. The van der Waals surface area contributed by atoms with Crippen molar-refractivity contribution in [3.8, 4) is 33.4 Å². The molecule has 0 amide bonds. The molecule has 0 unspecified atom stereocenters. The van der Waals surface area contributed by atoms with Gasteiger partial charge in [-0.2, -0.15) is 4.37 Å². The quantitative estimate of drug-likeness (QED) is 0.141. The minimum Gasteiger partial charge on any atom is -0.497 e. The number of hydrogen-bond donors (Lipinski definition) is 0. The fourth-order valence-corrected chi connectivity index (χ4v) is 6.72. The summed E-state index contributed by atoms with van der Waals surface area (Å²) in [5.74, 6) is 2.66. The average Bonchev–Trinajstić information content (AvgIpc) is 3.94. The van der Waals surface area contributed by atoms with Crippen LogP contribution < -0.4 is 18.9 Å². The van der Waals surface area contributed by atoms with Crippen LogP contribution in [0.1, 0.15) is 17.3 Å². The van der Waals surface area contributed by atoms with Crippen LogP contribution in [0.4, 0.5) is 8.78 Å². The predicted molar refractivity (Wildman–Crippen MR) is 202 cm³/mol. The Morgan fingerprint density at radius 3 is 1.75 bits per heavy atom. The number of halogens is 3. The third-order valence-electron chi connectivity index (χ3n) is 8.47. The van der Waals surface area contributed by atoms with Crippen molar-refractivity contribution in [1.82, 2.24) is 43.5 Å². The molecule has 0 radical (unpaired) electrons. The van der Waals surface area contributed by atoms with Crippen LogP contribution >= 0.6 is 23.1 Å². The summed E-state index contributed by atoms with van der Waals surface area (Å²) >= 11 is 7.22. The van der Waals surface area contributed by atoms with E-state index in [2.05, 4.69) is 34.7 Å². The number of nitrogens with zero attached hydrogens (tertiary/aromatic N) is 9. The maximum absolute atomic E-state index is 14.6. The molecule has 7 heterocycles. The summed E-state index contributed by atoms with van der Waals surface area (Å²) < 4.78 is 58.1. The summed E-state index contributed by atoms with van der Waals surface area (Å²) in [6, 6.07) is 19.2. The van der Waals surface area contributed by atoms with Gasteiger partial charge < -0.3 is 18.9 Å². The number of aromatic nitrogens is 9. The highest BCUT2D eigenvalue weighted by atomic mass is 35.5. The zero-order valence-corrected chi connectivity index (χ0v) is 30.8. The number of rotatable bonds is 9. The molecule has 2 aromatic carbocycles. The number of fused-ring (bicyclic) bond motifs is 4. The molecule has 7 aromatic heterocycles. The lowest BCUT2D eigenvalue weighted by atomic mass is 10.2. The number of aryl methyl sites for hydroxylation is 1. The molecular weight excluding hydrogens is 752 g/mol. The van der Waals surface area contributed by atoms with E-state index in [1.54, 1.807) is 55.5 Å². The number of pyridine rings is 4. The van der Waals surface area contributed by atoms with Crippen molar-refractivity contribution in [3.05, 3.63) is 126 Å². The third kappa shape index (κ3) is 7.24. The summed E-state index contributed by atoms with van der Waals surface area (Å²) in [6.45, 7) is 2.13. The highest BCUT2D eigenvalue weighted by Gasteiger charge is 2.16. The maximum Gasteiger partial charge on any atom is 0.197 e. The highest BCUT2D eigenvalue weighted by molar-refractivity contribution is 7.09. The van der Waals surface area contributed by atoms with Crippen LogP contribution in [0.25, 0.3) is 43.5 Å². The molecule has 9 aromatic rings. The first-order valence-corrected chi connectivity index (χ1v) is 17.7. The lowest BCUT2D eigenvalue weighted by Crippen LogP contribution is -2.03. The van der Waals surface area contributed by atoms with E-state index in [1.165, 1.54) is 28.1 Å². The fraction of sp³-hybridized carbons (Fsp3) is 0.132. The topological polar surface area (TPSA) is 136 Å². The third-order valence-corrected chi connectivity index (χ3v) is 9.61. The highest BCUT2D eigenvalue weighted by Crippen LogP contribution is 2.30. The minimum absolute atomic E-state index is 0.103. The van der Waals surface area contributed by atoms with Gasteiger partial charge in [0, 0.05) is 53.3 Å². The van der Waals surface area contributed by atoms with Crippen LogP contribution in [-0.2, 0) is 13.2 Å². The van der Waals surface area contributed by atoms with Crippen LogP contribution in [0.5, 0.6) is 23.0 Å². The van der Waals surface area contributed by atoms with Gasteiger partial charge in [0.05, 0.1) is 40.8 Å². The summed E-state index contributed by atoms with van der Waals surface area (Å²) in [5, 5.41) is 17.8. The summed E-state index contributed by atoms with van der Waals surface area (Å²) in [5.41, 5.74) is 3.37. The molecule has 276 valence electrons. The average molecular weight is 780 g/mol. The molecule has 0 atom stereocenters. The van der Waals surface area contributed by atoms with Crippen molar-refractivity contribution >= 4 is 56.2 Å². The number of benzene rings is 2. The van der Waals surface area contributed by atoms with Crippen molar-refractivity contribution in [3.63, 3.8) is 0 Å². The van der Waals surface area contributed by atoms with Crippen LogP contribution in [0.3, 0.4) is 0 Å². The lowest BCUT2D eigenvalue weighted by molar-refractivity contribution is 0.298. The molecule has 0 bridgehead atoms. The van der Waals surface area contributed by atoms with Crippen LogP contribution in [0.15, 0.2) is 91.5 Å². The molecule has 0 saturated carbocycles. The van der Waals surface area contributed by atoms with E-state index in [0.717, 1.165) is 38.1 Å². The van der Waals surface area contributed by atoms with Crippen molar-refractivity contribution in [2.45, 2.75) is 20.1 Å². The Kier molecular flexibility index (Phi) is 9.73. The second-order valence-corrected chi connectivity index (χ2v) is 13.2. The van der Waals surface area contributed by atoms with E-state index in [1.807, 2.05) is 49.4 Å². The van der Waals surface area contributed by atoms with E-state index >= 15 is 0 Å². The van der Waals surface area contributed by atoms with E-state index in [0.29, 0.717) is 34.5 Å². The Bertz CT molecular complexity index is 2850. The smallest absolute Gasteiger partial charge is 0.197 e. The van der Waals surface area contributed by atoms with Crippen molar-refractivity contribution in [1.29, 1.82) is 0 Å². The fourth-order valence-electron chi connectivity index (χ4n) is 5.79. The Morgan fingerprint density at radius 1 is 0.673 bits per heavy atom. The largest absolute Gasteiger partial charge is 0.497 e. The second-order valence-electron chi connectivity index (χ2n) is 12.0. The first-order chi connectivity index (χ1) is 26.8. The molecule has 0 aliphatic carbocycles. The van der Waals surface area contributed by atoms with Gasteiger partial charge in [-0.1, -0.05) is 11.6 Å². The van der Waals surface area contributed by atoms with Gasteiger partial charge in [-0.3, -0.25) is 18.8 Å². The van der Waals surface area contributed by atoms with Gasteiger partial charge in [0.25, 0.3) is 0 Å². The maximum atomic E-state index is 14.6. The van der Waals surface area contributed by atoms with Gasteiger partial charge in [0.2, 0.25) is 0 Å². The molecule has 17 heteroatoms. The summed E-state index contributed by atoms with van der Waals surface area (Å²) in [6.07, 6.45) is 6.67. The molecular formula is C38H28ClF2N9O4S. The van der Waals surface area contributed by atoms with Gasteiger partial charge in [-0.25, -0.2) is 8.78 Å². The number of methoxy groups -OCH3 is 2. The van der Waals surface area contributed by atoms with E-state index in [-0.39, 0.29) is 29.5 Å². The predicted octanol–water partition coefficient (Wildman–Crippen LogP) is 8.09. The van der Waals surface area contributed by atoms with Gasteiger partial charge in [0.1, 0.15) is 36.2 Å². The van der Waals surface area contributed by atoms with Crippen LogP contribution in [0.2, 0.25) is 5.02 Å². The summed E-state index contributed by atoms with van der Waals surface area (Å²) in [7, 11) is 3.21. The molecule has 13 nitrogen and oxygen atoms in total. The number of hydrogen-bond acceptors (Lipinski definition) is 12. The van der Waals surface area contributed by atoms with Gasteiger partial charge in [-0.15, -0.1) is 20.4 Å². The molecule has 0 aliphatic rings. The Morgan fingerprint density at radius 2 is 1.22 bits per heavy atom. The SMILES string of the molecule is COc1ccc2c(OCc3nnc4c(F)cc(-c5cc(C)ns5)cn34)ccnc2c1.COc1ccc2c(OCc3nnc4c(F)cc(Cl)cn34)ccnc2c1. The van der Waals surface area contributed by atoms with E-state index in [9.17, 15) is 8.78 Å². The molecule has 0 spiro atoms. The Hall–Kier alpha value is -6.52. The lowest BCUT2D eigenvalue weighted by Gasteiger charge is -2.09. The zero-order valence-electron chi connectivity index (χ0n) is 29.3. The van der Waals surface area contributed by atoms with Gasteiger partial charge in [-0.05, 0) is 73.1 Å². The van der Waals surface area contributed by atoms with Gasteiger partial charge in [0.15, 0.2) is 34.6 Å². The molecule has 55 heavy (non-hydrogen) atoms. The first kappa shape index (κ1) is 35.5. The normalized spacial score (nSPS) is 11.2.